The summed E-state index contributed by atoms with van der Waals surface area (Å²) >= 11 is 2.25. The van der Waals surface area contributed by atoms with Crippen LogP contribution in [0.15, 0.2) is 46.2 Å². The van der Waals surface area contributed by atoms with Crippen molar-refractivity contribution in [3.05, 3.63) is 57.8 Å². The Morgan fingerprint density at radius 2 is 2.05 bits per heavy atom. The van der Waals surface area contributed by atoms with Gasteiger partial charge in [0.05, 0.1) is 0 Å². The van der Waals surface area contributed by atoms with Crippen LogP contribution in [0.3, 0.4) is 0 Å². The number of nitrogens with zero attached hydrogens (tertiary/aromatic N) is 1. The maximum atomic E-state index is 5.35. The minimum atomic E-state index is 0. The van der Waals surface area contributed by atoms with E-state index in [2.05, 4.69) is 41.2 Å². The van der Waals surface area contributed by atoms with Crippen LogP contribution < -0.4 is 4.74 Å². The maximum Gasteiger partial charge on any atom is 0.148 e. The molecule has 1 aromatic rings. The summed E-state index contributed by atoms with van der Waals surface area (Å²) in [6.07, 6.45) is 10.4. The van der Waals surface area contributed by atoms with Gasteiger partial charge in [0.25, 0.3) is 0 Å². The summed E-state index contributed by atoms with van der Waals surface area (Å²) in [5.74, 6) is 3.21. The molecule has 2 rings (SSSR count). The third-order valence-electron chi connectivity index (χ3n) is 2.80. The summed E-state index contributed by atoms with van der Waals surface area (Å²) in [6.45, 7) is 4.34. The van der Waals surface area contributed by atoms with Gasteiger partial charge in [0, 0.05) is 39.8 Å². The normalized spacial score (nSPS) is 13.8. The SMILES string of the molecule is C#CCOc1ccc(C2=[C-]C=C(I)C(=C)N2C)cc1.[Y]. The summed E-state index contributed by atoms with van der Waals surface area (Å²) in [7, 11) is 1.99. The zero-order valence-corrected chi connectivity index (χ0v) is 16.2. The summed E-state index contributed by atoms with van der Waals surface area (Å²) in [5.41, 5.74) is 3.03. The van der Waals surface area contributed by atoms with Gasteiger partial charge in [-0.05, 0) is 17.8 Å². The second kappa shape index (κ2) is 8.02. The number of hydrogen-bond donors (Lipinski definition) is 0. The molecule has 1 aromatic carbocycles. The molecule has 1 heterocycles. The van der Waals surface area contributed by atoms with Crippen molar-refractivity contribution >= 4 is 28.3 Å². The van der Waals surface area contributed by atoms with Crippen LogP contribution in [0.2, 0.25) is 0 Å². The fourth-order valence-corrected chi connectivity index (χ4v) is 2.24. The van der Waals surface area contributed by atoms with Crippen molar-refractivity contribution in [1.29, 1.82) is 0 Å². The van der Waals surface area contributed by atoms with E-state index < -0.39 is 0 Å². The van der Waals surface area contributed by atoms with Gasteiger partial charge < -0.3 is 9.64 Å². The summed E-state index contributed by atoms with van der Waals surface area (Å²) < 4.78 is 6.45. The van der Waals surface area contributed by atoms with Gasteiger partial charge in [-0.15, -0.1) is 41.1 Å². The molecule has 0 fully saturated rings. The molecule has 4 heteroatoms. The van der Waals surface area contributed by atoms with Gasteiger partial charge in [0.2, 0.25) is 0 Å². The molecule has 0 saturated heterocycles. The standard InChI is InChI=1S/C16H13INO.Y/c1-4-11-19-14-7-5-13(6-8-14)16-10-9-15(17)12(2)18(16)3;/h1,5-9H,2,11H2,3H3;/q-1;. The van der Waals surface area contributed by atoms with Crippen LogP contribution in [0.4, 0.5) is 0 Å². The molecule has 0 unspecified atom stereocenters. The number of ether oxygens (including phenoxy) is 1. The predicted octanol–water partition coefficient (Wildman–Crippen LogP) is 3.62. The molecule has 0 bridgehead atoms. The fourth-order valence-electron chi connectivity index (χ4n) is 1.72. The number of benzene rings is 1. The van der Waals surface area contributed by atoms with E-state index in [4.69, 9.17) is 11.2 Å². The molecule has 1 aliphatic heterocycles. The van der Waals surface area contributed by atoms with Crippen LogP contribution in [0.25, 0.3) is 5.70 Å². The number of terminal acetylenes is 1. The van der Waals surface area contributed by atoms with Crippen LogP contribution in [0, 0.1) is 18.4 Å². The second-order valence-electron chi connectivity index (χ2n) is 4.01. The fraction of sp³-hybridized carbons (Fsp3) is 0.125. The molecule has 1 aliphatic rings. The van der Waals surface area contributed by atoms with E-state index in [-0.39, 0.29) is 39.3 Å². The molecular weight excluding hydrogens is 438 g/mol. The first-order valence-corrected chi connectivity index (χ1v) is 6.80. The van der Waals surface area contributed by atoms with Crippen molar-refractivity contribution in [3.63, 3.8) is 0 Å². The first-order valence-electron chi connectivity index (χ1n) is 5.72. The summed E-state index contributed by atoms with van der Waals surface area (Å²) in [6, 6.07) is 7.79. The molecule has 0 spiro atoms. The summed E-state index contributed by atoms with van der Waals surface area (Å²) in [5, 5.41) is 0. The maximum absolute atomic E-state index is 5.35. The minimum Gasteiger partial charge on any atom is -0.481 e. The van der Waals surface area contributed by atoms with Crippen molar-refractivity contribution in [1.82, 2.24) is 4.90 Å². The largest absolute Gasteiger partial charge is 0.481 e. The van der Waals surface area contributed by atoms with Crippen molar-refractivity contribution in [2.75, 3.05) is 13.7 Å². The number of hydrogen-bond acceptors (Lipinski definition) is 2. The Kier molecular flexibility index (Phi) is 7.01. The third kappa shape index (κ3) is 3.97. The molecule has 0 amide bonds. The van der Waals surface area contributed by atoms with E-state index in [0.29, 0.717) is 0 Å². The Hall–Kier alpha value is -0.566. The van der Waals surface area contributed by atoms with Crippen LogP contribution in [0.5, 0.6) is 5.75 Å². The smallest absolute Gasteiger partial charge is 0.148 e. The predicted molar refractivity (Wildman–Crippen MR) is 86.4 cm³/mol. The molecule has 1 radical (unpaired) electrons. The van der Waals surface area contributed by atoms with E-state index in [0.717, 1.165) is 26.3 Å². The number of rotatable bonds is 3. The molecule has 0 aromatic heterocycles. The number of allylic oxidation sites excluding steroid dienone is 3. The molecule has 99 valence electrons. The Morgan fingerprint density at radius 3 is 2.65 bits per heavy atom. The number of halogens is 1. The minimum absolute atomic E-state index is 0. The molecule has 20 heavy (non-hydrogen) atoms. The summed E-state index contributed by atoms with van der Waals surface area (Å²) in [4.78, 5) is 2.03. The molecule has 2 nitrogen and oxygen atoms in total. The monoisotopic (exact) mass is 451 g/mol. The van der Waals surface area contributed by atoms with E-state index in [1.165, 1.54) is 0 Å². The van der Waals surface area contributed by atoms with Crippen LogP contribution in [-0.2, 0) is 32.7 Å². The van der Waals surface area contributed by atoms with Gasteiger partial charge in [0.15, 0.2) is 0 Å². The third-order valence-corrected chi connectivity index (χ3v) is 3.74. The van der Waals surface area contributed by atoms with E-state index >= 15 is 0 Å². The van der Waals surface area contributed by atoms with Crippen molar-refractivity contribution in [2.45, 2.75) is 0 Å². The Balaban J connectivity index is 0.00000200. The average molecular weight is 451 g/mol. The van der Waals surface area contributed by atoms with Crippen molar-refractivity contribution in [2.24, 2.45) is 0 Å². The molecule has 0 saturated carbocycles. The first-order chi connectivity index (χ1) is 9.13. The molecule has 0 aliphatic carbocycles. The quantitative estimate of drug-likeness (QED) is 0.396. The van der Waals surface area contributed by atoms with Gasteiger partial charge in [-0.1, -0.05) is 27.3 Å². The zero-order valence-electron chi connectivity index (χ0n) is 11.2. The Bertz CT molecular complexity index is 596. The zero-order chi connectivity index (χ0) is 13.8. The second-order valence-corrected chi connectivity index (χ2v) is 5.17. The molecular formula is C16H13INOY-. The Morgan fingerprint density at radius 1 is 1.40 bits per heavy atom. The number of likely N-dealkylation sites (N-methyl/N-ethyl adjacent to an activating group) is 1. The van der Waals surface area contributed by atoms with Crippen LogP contribution >= 0.6 is 22.6 Å². The van der Waals surface area contributed by atoms with Crippen LogP contribution in [-0.4, -0.2) is 18.6 Å². The van der Waals surface area contributed by atoms with Crippen molar-refractivity contribution < 1.29 is 37.4 Å². The van der Waals surface area contributed by atoms with E-state index in [1.807, 2.05) is 42.3 Å². The average Bonchev–Trinajstić information content (AvgIpc) is 2.44. The molecule has 0 N–H and O–H groups in total. The van der Waals surface area contributed by atoms with E-state index in [1.54, 1.807) is 0 Å². The topological polar surface area (TPSA) is 12.5 Å². The van der Waals surface area contributed by atoms with Gasteiger partial charge >= 0.3 is 0 Å². The Labute approximate surface area is 159 Å². The van der Waals surface area contributed by atoms with Gasteiger partial charge in [-0.25, -0.2) is 0 Å². The van der Waals surface area contributed by atoms with Gasteiger partial charge in [-0.2, -0.15) is 12.2 Å². The van der Waals surface area contributed by atoms with Crippen molar-refractivity contribution in [3.8, 4) is 18.1 Å². The van der Waals surface area contributed by atoms with Gasteiger partial charge in [0.1, 0.15) is 12.4 Å². The van der Waals surface area contributed by atoms with Crippen LogP contribution in [0.1, 0.15) is 5.56 Å². The van der Waals surface area contributed by atoms with Gasteiger partial charge in [-0.3, -0.25) is 0 Å². The molecule has 0 atom stereocenters. The van der Waals surface area contributed by atoms with E-state index in [9.17, 15) is 0 Å². The first kappa shape index (κ1) is 17.5.